The lowest BCUT2D eigenvalue weighted by molar-refractivity contribution is 0.190. The normalized spacial score (nSPS) is 23.6. The Morgan fingerprint density at radius 1 is 0.880 bits per heavy atom. The molecule has 2 aromatic carbocycles. The summed E-state index contributed by atoms with van der Waals surface area (Å²) in [5.41, 5.74) is 3.36. The van der Waals surface area contributed by atoms with E-state index in [1.807, 2.05) is 0 Å². The van der Waals surface area contributed by atoms with Crippen LogP contribution in [0.4, 0.5) is 0 Å². The molecule has 0 amide bonds. The van der Waals surface area contributed by atoms with Crippen LogP contribution in [-0.4, -0.2) is 30.7 Å². The molecule has 2 heteroatoms. The molecule has 0 spiro atoms. The predicted octanol–water partition coefficient (Wildman–Crippen LogP) is 4.36. The number of nitrogens with zero attached hydrogens (tertiary/aromatic N) is 1. The average molecular weight is 335 g/mol. The van der Waals surface area contributed by atoms with Gasteiger partial charge in [0.2, 0.25) is 0 Å². The van der Waals surface area contributed by atoms with E-state index < -0.39 is 0 Å². The highest BCUT2D eigenvalue weighted by Gasteiger charge is 2.37. The molecule has 0 aromatic heterocycles. The van der Waals surface area contributed by atoms with Crippen LogP contribution in [0.2, 0.25) is 0 Å². The Balaban J connectivity index is 1.43. The van der Waals surface area contributed by atoms with E-state index in [1.54, 1.807) is 5.56 Å². The Hall–Kier alpha value is -1.64. The molecule has 1 N–H and O–H groups in total. The summed E-state index contributed by atoms with van der Waals surface area (Å²) in [5, 5.41) is 3.74. The standard InChI is InChI=1S/C23H30N2/c1-4-10-20(11-5-1)16-22-17-25(19-24-22)18-23(14-8-3-9-15-23)21-12-6-2-7-13-21/h1-2,4-7,10-13,22,24H,3,8-9,14-19H2. The molecule has 1 unspecified atom stereocenters. The van der Waals surface area contributed by atoms with Crippen molar-refractivity contribution in [2.24, 2.45) is 0 Å². The van der Waals surface area contributed by atoms with Crippen molar-refractivity contribution >= 4 is 0 Å². The van der Waals surface area contributed by atoms with Crippen LogP contribution in [0.1, 0.15) is 43.2 Å². The Morgan fingerprint density at radius 2 is 1.56 bits per heavy atom. The van der Waals surface area contributed by atoms with Gasteiger partial charge in [-0.2, -0.15) is 0 Å². The molecule has 4 rings (SSSR count). The van der Waals surface area contributed by atoms with Crippen molar-refractivity contribution in [3.05, 3.63) is 71.8 Å². The Morgan fingerprint density at radius 3 is 2.28 bits per heavy atom. The third-order valence-corrected chi connectivity index (χ3v) is 6.13. The smallest absolute Gasteiger partial charge is 0.0484 e. The fourth-order valence-corrected chi connectivity index (χ4v) is 4.84. The molecule has 1 atom stereocenters. The van der Waals surface area contributed by atoms with Crippen LogP contribution in [0.15, 0.2) is 60.7 Å². The van der Waals surface area contributed by atoms with Gasteiger partial charge in [-0.15, -0.1) is 0 Å². The topological polar surface area (TPSA) is 15.3 Å². The molecule has 0 radical (unpaired) electrons. The highest BCUT2D eigenvalue weighted by atomic mass is 15.3. The fourth-order valence-electron chi connectivity index (χ4n) is 4.84. The second-order valence-electron chi connectivity index (χ2n) is 7.97. The van der Waals surface area contributed by atoms with Gasteiger partial charge in [0.1, 0.15) is 0 Å². The Labute approximate surface area is 152 Å². The van der Waals surface area contributed by atoms with E-state index in [1.165, 1.54) is 50.8 Å². The number of benzene rings is 2. The summed E-state index contributed by atoms with van der Waals surface area (Å²) in [6.45, 7) is 3.41. The van der Waals surface area contributed by atoms with E-state index in [0.717, 1.165) is 13.1 Å². The van der Waals surface area contributed by atoms with Crippen LogP contribution in [0, 0.1) is 0 Å². The lowest BCUT2D eigenvalue weighted by Gasteiger charge is -2.40. The van der Waals surface area contributed by atoms with Crippen molar-refractivity contribution in [2.75, 3.05) is 19.8 Å². The molecule has 1 aliphatic heterocycles. The molecule has 1 saturated carbocycles. The summed E-state index contributed by atoms with van der Waals surface area (Å²) in [4.78, 5) is 2.66. The van der Waals surface area contributed by atoms with Crippen LogP contribution in [0.25, 0.3) is 0 Å². The van der Waals surface area contributed by atoms with Gasteiger partial charge >= 0.3 is 0 Å². The zero-order chi connectivity index (χ0) is 17.0. The van der Waals surface area contributed by atoms with E-state index in [2.05, 4.69) is 70.9 Å². The lowest BCUT2D eigenvalue weighted by Crippen LogP contribution is -2.42. The van der Waals surface area contributed by atoms with Crippen molar-refractivity contribution in [1.82, 2.24) is 10.2 Å². The molecular formula is C23H30N2. The van der Waals surface area contributed by atoms with Gasteiger partial charge in [0, 0.05) is 31.2 Å². The summed E-state index contributed by atoms with van der Waals surface area (Å²) in [6.07, 6.45) is 7.99. The van der Waals surface area contributed by atoms with Crippen molar-refractivity contribution in [3.8, 4) is 0 Å². The minimum atomic E-state index is 0.364. The lowest BCUT2D eigenvalue weighted by atomic mass is 9.69. The first-order valence-electron chi connectivity index (χ1n) is 9.89. The van der Waals surface area contributed by atoms with Crippen LogP contribution in [0.5, 0.6) is 0 Å². The van der Waals surface area contributed by atoms with Gasteiger partial charge in [0.15, 0.2) is 0 Å². The maximum Gasteiger partial charge on any atom is 0.0484 e. The first-order valence-corrected chi connectivity index (χ1v) is 9.89. The molecular weight excluding hydrogens is 304 g/mol. The zero-order valence-corrected chi connectivity index (χ0v) is 15.2. The zero-order valence-electron chi connectivity index (χ0n) is 15.2. The van der Waals surface area contributed by atoms with E-state index in [0.29, 0.717) is 11.5 Å². The number of hydrogen-bond acceptors (Lipinski definition) is 2. The first kappa shape index (κ1) is 16.8. The Kier molecular flexibility index (Phi) is 5.19. The average Bonchev–Trinajstić information content (AvgIpc) is 3.10. The molecule has 2 aliphatic rings. The molecule has 2 fully saturated rings. The molecule has 1 heterocycles. The van der Waals surface area contributed by atoms with E-state index in [-0.39, 0.29) is 0 Å². The van der Waals surface area contributed by atoms with Crippen molar-refractivity contribution in [2.45, 2.75) is 50.0 Å². The minimum absolute atomic E-state index is 0.364. The van der Waals surface area contributed by atoms with E-state index in [4.69, 9.17) is 0 Å². The van der Waals surface area contributed by atoms with Crippen LogP contribution >= 0.6 is 0 Å². The third kappa shape index (κ3) is 3.96. The Bertz CT molecular complexity index is 646. The maximum atomic E-state index is 3.74. The number of hydrogen-bond donors (Lipinski definition) is 1. The molecule has 132 valence electrons. The van der Waals surface area contributed by atoms with E-state index in [9.17, 15) is 0 Å². The molecule has 1 aliphatic carbocycles. The highest BCUT2D eigenvalue weighted by Crippen LogP contribution is 2.40. The quantitative estimate of drug-likeness (QED) is 0.874. The first-order chi connectivity index (χ1) is 12.3. The minimum Gasteiger partial charge on any atom is -0.300 e. The number of rotatable bonds is 5. The predicted molar refractivity (Wildman–Crippen MR) is 105 cm³/mol. The van der Waals surface area contributed by atoms with Gasteiger partial charge < -0.3 is 0 Å². The largest absolute Gasteiger partial charge is 0.300 e. The van der Waals surface area contributed by atoms with Gasteiger partial charge in [-0.3, -0.25) is 10.2 Å². The maximum absolute atomic E-state index is 3.74. The molecule has 2 nitrogen and oxygen atoms in total. The van der Waals surface area contributed by atoms with Crippen molar-refractivity contribution in [1.29, 1.82) is 0 Å². The second-order valence-corrected chi connectivity index (χ2v) is 7.97. The highest BCUT2D eigenvalue weighted by molar-refractivity contribution is 5.27. The van der Waals surface area contributed by atoms with Crippen LogP contribution in [0.3, 0.4) is 0 Å². The second kappa shape index (κ2) is 7.72. The van der Waals surface area contributed by atoms with Crippen molar-refractivity contribution < 1.29 is 0 Å². The molecule has 0 bridgehead atoms. The van der Waals surface area contributed by atoms with Gasteiger partial charge in [0.05, 0.1) is 0 Å². The van der Waals surface area contributed by atoms with Crippen LogP contribution in [-0.2, 0) is 11.8 Å². The van der Waals surface area contributed by atoms with Gasteiger partial charge in [-0.25, -0.2) is 0 Å². The summed E-state index contributed by atoms with van der Waals surface area (Å²) >= 11 is 0. The summed E-state index contributed by atoms with van der Waals surface area (Å²) < 4.78 is 0. The summed E-state index contributed by atoms with van der Waals surface area (Å²) in [5.74, 6) is 0. The van der Waals surface area contributed by atoms with Gasteiger partial charge in [-0.05, 0) is 30.4 Å². The monoisotopic (exact) mass is 334 g/mol. The molecule has 2 aromatic rings. The van der Waals surface area contributed by atoms with Crippen LogP contribution < -0.4 is 5.32 Å². The summed E-state index contributed by atoms with van der Waals surface area (Å²) in [6, 6.07) is 22.8. The summed E-state index contributed by atoms with van der Waals surface area (Å²) in [7, 11) is 0. The number of nitrogens with one attached hydrogen (secondary N) is 1. The van der Waals surface area contributed by atoms with Crippen molar-refractivity contribution in [3.63, 3.8) is 0 Å². The van der Waals surface area contributed by atoms with E-state index >= 15 is 0 Å². The SMILES string of the molecule is c1ccc(CC2CN(CC3(c4ccccc4)CCCCC3)CN2)cc1. The van der Waals surface area contributed by atoms with Gasteiger partial charge in [-0.1, -0.05) is 79.9 Å². The molecule has 25 heavy (non-hydrogen) atoms. The fraction of sp³-hybridized carbons (Fsp3) is 0.478. The van der Waals surface area contributed by atoms with Gasteiger partial charge in [0.25, 0.3) is 0 Å². The third-order valence-electron chi connectivity index (χ3n) is 6.13. The molecule has 1 saturated heterocycles.